The van der Waals surface area contributed by atoms with Crippen LogP contribution >= 0.6 is 0 Å². The highest BCUT2D eigenvalue weighted by atomic mass is 32.2. The third-order valence-electron chi connectivity index (χ3n) is 16.3. The molecule has 7 aliphatic rings. The predicted octanol–water partition coefficient (Wildman–Crippen LogP) is 4.60. The number of carbonyl (C=O) groups is 5. The second kappa shape index (κ2) is 22.4. The van der Waals surface area contributed by atoms with Crippen molar-refractivity contribution >= 4 is 50.8 Å². The number of aliphatic hydroxyl groups is 2. The number of allylic oxidation sites excluding steroid dienone is 5. The highest BCUT2D eigenvalue weighted by molar-refractivity contribution is 7.89. The predicted molar refractivity (Wildman–Crippen MR) is 291 cm³/mol. The number of nitrogens with two attached hydrogens (primary N) is 1. The number of aliphatic imine (C=N–C) groups is 1. The Morgan fingerprint density at radius 1 is 0.923 bits per heavy atom. The lowest BCUT2D eigenvalue weighted by atomic mass is 9.79. The van der Waals surface area contributed by atoms with E-state index < -0.39 is 104 Å². The molecule has 9 atom stereocenters. The average Bonchev–Trinajstić information content (AvgIpc) is 4.15. The first-order valence-corrected chi connectivity index (χ1v) is 28.5. The molecule has 5 bridgehead atoms. The van der Waals surface area contributed by atoms with Crippen LogP contribution in [0.5, 0.6) is 11.5 Å². The summed E-state index contributed by atoms with van der Waals surface area (Å²) in [5, 5.41) is 47.3. The van der Waals surface area contributed by atoms with Gasteiger partial charge in [-0.2, -0.15) is 0 Å². The van der Waals surface area contributed by atoms with Crippen LogP contribution < -0.4 is 25.4 Å². The fourth-order valence-corrected chi connectivity index (χ4v) is 12.3. The van der Waals surface area contributed by atoms with E-state index in [4.69, 9.17) is 24.3 Å². The number of fused-ring (bicyclic) bond motifs is 13. The van der Waals surface area contributed by atoms with Crippen molar-refractivity contribution in [1.29, 1.82) is 0 Å². The van der Waals surface area contributed by atoms with Crippen molar-refractivity contribution in [3.05, 3.63) is 94.1 Å². The molecule has 9 rings (SSSR count). The zero-order chi connectivity index (χ0) is 56.9. The number of hydrogen-bond donors (Lipinski definition) is 6. The van der Waals surface area contributed by atoms with E-state index in [-0.39, 0.29) is 88.2 Å². The van der Waals surface area contributed by atoms with Gasteiger partial charge in [0.15, 0.2) is 0 Å². The summed E-state index contributed by atoms with van der Waals surface area (Å²) in [5.41, 5.74) is -0.0325. The molecule has 2 fully saturated rings. The number of carbonyl (C=O) groups excluding carboxylic acids is 5. The number of phenols is 1. The number of nitrogens with zero attached hydrogens (tertiary/aromatic N) is 4. The fourth-order valence-electron chi connectivity index (χ4n) is 11.5. The van der Waals surface area contributed by atoms with Gasteiger partial charge in [-0.05, 0) is 57.2 Å². The van der Waals surface area contributed by atoms with E-state index in [2.05, 4.69) is 29.4 Å². The maximum absolute atomic E-state index is 14.9. The molecule has 78 heavy (non-hydrogen) atoms. The number of likely N-dealkylation sites (tertiary alicyclic amines) is 1. The molecule has 0 aromatic heterocycles. The van der Waals surface area contributed by atoms with Crippen molar-refractivity contribution < 1.29 is 61.9 Å². The lowest BCUT2D eigenvalue weighted by Gasteiger charge is -2.38. The normalized spacial score (nSPS) is 29.9. The van der Waals surface area contributed by atoms with E-state index in [0.717, 1.165) is 6.54 Å². The van der Waals surface area contributed by atoms with Crippen LogP contribution in [0, 0.1) is 42.4 Å². The average molecular weight is 1100 g/mol. The molecular formula is C57H75N7O13S. The minimum absolute atomic E-state index is 0.00453. The topological polar surface area (TPSA) is 280 Å². The van der Waals surface area contributed by atoms with Crippen LogP contribution in [-0.2, 0) is 33.9 Å². The number of piperazine rings is 1. The zero-order valence-electron chi connectivity index (χ0n) is 46.2. The summed E-state index contributed by atoms with van der Waals surface area (Å²) in [6.07, 6.45) is 5.55. The van der Waals surface area contributed by atoms with Gasteiger partial charge in [-0.15, -0.1) is 0 Å². The Hall–Kier alpha value is -6.39. The van der Waals surface area contributed by atoms with Crippen LogP contribution in [0.3, 0.4) is 0 Å². The lowest BCUT2D eigenvalue weighted by Crippen LogP contribution is -2.52. The molecule has 0 radical (unpaired) electrons. The smallest absolute Gasteiger partial charge is 0.318 e. The SMILES string of the molecule is C/C1=C/C=C/[C@H](C)[C@H](O)[C@@H](C)[C@@H](O)[C@@H](C)[C@H](OC(=O)C(C)C(=O)N2CCN(c3ccccc3S(N)(=O)=O)CC2)[C@H](C)C/C=C/O[C@@]2(C)Oc3c(C)c(O)c4c(c3C2=O)C2=NC3(CCN(CC(C)C)CC3)NC2=C(NC1=O)C4=O. The summed E-state index contributed by atoms with van der Waals surface area (Å²) in [5.74, 6) is -9.35. The third-order valence-corrected chi connectivity index (χ3v) is 17.3. The second-order valence-corrected chi connectivity index (χ2v) is 24.1. The number of benzene rings is 2. The van der Waals surface area contributed by atoms with Gasteiger partial charge in [0.2, 0.25) is 21.7 Å². The number of primary sulfonamides is 1. The Bertz CT molecular complexity index is 3020. The molecule has 20 nitrogen and oxygen atoms in total. The fraction of sp³-hybridized carbons (Fsp3) is 0.544. The number of phenolic OH excluding ortho intramolecular Hbond substituents is 1. The number of aliphatic hydroxyl groups excluding tert-OH is 2. The summed E-state index contributed by atoms with van der Waals surface area (Å²) in [4.78, 5) is 82.8. The molecule has 2 amide bonds. The molecule has 1 aliphatic carbocycles. The van der Waals surface area contributed by atoms with E-state index in [0.29, 0.717) is 37.5 Å². The van der Waals surface area contributed by atoms with Gasteiger partial charge < -0.3 is 54.9 Å². The van der Waals surface area contributed by atoms with Gasteiger partial charge in [0.25, 0.3) is 11.7 Å². The Kier molecular flexibility index (Phi) is 16.6. The molecule has 2 saturated heterocycles. The quantitative estimate of drug-likeness (QED) is 0.163. The van der Waals surface area contributed by atoms with E-state index in [1.807, 2.05) is 4.90 Å². The van der Waals surface area contributed by atoms with Crippen LogP contribution in [0.1, 0.15) is 113 Å². The molecule has 1 unspecified atom stereocenters. The van der Waals surface area contributed by atoms with Crippen LogP contribution in [0.4, 0.5) is 5.69 Å². The maximum Gasteiger partial charge on any atom is 0.318 e. The number of hydrogen-bond acceptors (Lipinski definition) is 17. The first-order chi connectivity index (χ1) is 36.7. The Labute approximate surface area is 456 Å². The number of para-hydroxylation sites is 1. The summed E-state index contributed by atoms with van der Waals surface area (Å²) in [6.45, 7) is 20.3. The number of nitrogens with one attached hydrogen (secondary N) is 2. The van der Waals surface area contributed by atoms with Gasteiger partial charge in [0, 0.05) is 100 Å². The second-order valence-electron chi connectivity index (χ2n) is 22.6. The molecule has 21 heteroatoms. The van der Waals surface area contributed by atoms with Crippen LogP contribution in [-0.4, -0.2) is 144 Å². The van der Waals surface area contributed by atoms with E-state index >= 15 is 0 Å². The molecule has 422 valence electrons. The van der Waals surface area contributed by atoms with Crippen molar-refractivity contribution in [3.8, 4) is 11.5 Å². The highest BCUT2D eigenvalue weighted by Gasteiger charge is 2.54. The number of piperidine rings is 1. The van der Waals surface area contributed by atoms with Gasteiger partial charge in [-0.1, -0.05) is 71.9 Å². The van der Waals surface area contributed by atoms with Crippen LogP contribution in [0.25, 0.3) is 0 Å². The summed E-state index contributed by atoms with van der Waals surface area (Å²) in [6, 6.07) is 6.34. The Morgan fingerprint density at radius 3 is 2.24 bits per heavy atom. The molecule has 6 heterocycles. The Morgan fingerprint density at radius 2 is 1.59 bits per heavy atom. The van der Waals surface area contributed by atoms with Crippen molar-refractivity contribution in [2.45, 2.75) is 123 Å². The van der Waals surface area contributed by atoms with Gasteiger partial charge >= 0.3 is 11.8 Å². The number of ketones is 2. The lowest BCUT2D eigenvalue weighted by molar-refractivity contribution is -0.168. The summed E-state index contributed by atoms with van der Waals surface area (Å²) in [7, 11) is -4.02. The number of ether oxygens (including phenoxy) is 3. The number of amides is 2. The molecule has 1 spiro atoms. The largest absolute Gasteiger partial charge is 0.507 e. The molecular weight excluding hydrogens is 1020 g/mol. The number of Topliss-reactive ketones (excluding diaryl/α,β-unsaturated/α-hetero) is 2. The molecule has 7 N–H and O–H groups in total. The standard InChI is InChI=1S/C57H75N7O13S/c1-30(2)29-62-22-20-57(21-23-62)60-43-40-41-48(67)36(8)51-42(40)52(69)56(10,77-51)75-28-14-17-32(4)50(76-55(72)37(9)54(71)64-26-24-63(25-27-64)38-18-11-12-19-39(38)78(58,73)74)35(7)47(66)34(6)46(65)31(3)15-13-16-33(5)53(70)59-45(49(41)68)44(43)61-57/h11-16,18-19,28,30-32,34-35,37,46-47,50,61,65-67H,17,20-27,29H2,1-10H3,(H,59,70)(H2,58,73,74)/b15-13+,28-14+,33-16-/t31-,32+,34+,35+,37?,46-,47+,50+,56-/m0/s1. The molecule has 2 aromatic rings. The minimum Gasteiger partial charge on any atom is -0.507 e. The number of sulfonamides is 1. The number of aromatic hydroxyl groups is 1. The molecule has 0 saturated carbocycles. The highest BCUT2D eigenvalue weighted by Crippen LogP contribution is 2.50. The zero-order valence-corrected chi connectivity index (χ0v) is 47.0. The van der Waals surface area contributed by atoms with Crippen molar-refractivity contribution in [1.82, 2.24) is 20.4 Å². The van der Waals surface area contributed by atoms with Gasteiger partial charge in [-0.25, -0.2) is 13.6 Å². The van der Waals surface area contributed by atoms with Gasteiger partial charge in [0.05, 0.1) is 46.7 Å². The number of esters is 1. The van der Waals surface area contributed by atoms with Gasteiger partial charge in [-0.3, -0.25) is 29.0 Å². The van der Waals surface area contributed by atoms with Crippen molar-refractivity contribution in [2.24, 2.45) is 45.6 Å². The number of rotatable bonds is 7. The summed E-state index contributed by atoms with van der Waals surface area (Å²) < 4.78 is 43.3. The van der Waals surface area contributed by atoms with Crippen molar-refractivity contribution in [3.63, 3.8) is 0 Å². The van der Waals surface area contributed by atoms with Crippen molar-refractivity contribution in [2.75, 3.05) is 50.7 Å². The Balaban J connectivity index is 1.09. The monoisotopic (exact) mass is 1100 g/mol. The third kappa shape index (κ3) is 11.1. The van der Waals surface area contributed by atoms with Gasteiger partial charge in [0.1, 0.15) is 39.8 Å². The van der Waals surface area contributed by atoms with E-state index in [1.54, 1.807) is 71.0 Å². The first kappa shape index (κ1) is 57.8. The molecule has 6 aliphatic heterocycles. The van der Waals surface area contributed by atoms with E-state index in [9.17, 15) is 47.7 Å². The first-order valence-electron chi connectivity index (χ1n) is 26.9. The molecule has 2 aromatic carbocycles. The summed E-state index contributed by atoms with van der Waals surface area (Å²) >= 11 is 0. The minimum atomic E-state index is -4.02. The maximum atomic E-state index is 14.9. The van der Waals surface area contributed by atoms with E-state index in [1.165, 1.54) is 44.1 Å². The van der Waals surface area contributed by atoms with Crippen LogP contribution in [0.2, 0.25) is 0 Å². The van der Waals surface area contributed by atoms with Crippen LogP contribution in [0.15, 0.2) is 81.7 Å². The number of anilines is 1.